The van der Waals surface area contributed by atoms with Crippen LogP contribution >= 0.6 is 11.8 Å². The lowest BCUT2D eigenvalue weighted by molar-refractivity contribution is -0.127. The average Bonchev–Trinajstić information content (AvgIpc) is 3.23. The quantitative estimate of drug-likeness (QED) is 0.501. The second-order valence-electron chi connectivity index (χ2n) is 7.22. The van der Waals surface area contributed by atoms with E-state index in [4.69, 9.17) is 4.98 Å². The number of fused-ring (bicyclic) bond motifs is 1. The Hall–Kier alpha value is -2.60. The fourth-order valence-corrected chi connectivity index (χ4v) is 4.47. The molecule has 0 saturated carbocycles. The fourth-order valence-electron chi connectivity index (χ4n) is 3.57. The highest BCUT2D eigenvalue weighted by molar-refractivity contribution is 7.99. The highest BCUT2D eigenvalue weighted by atomic mass is 32.2. The molecule has 1 aliphatic rings. The zero-order valence-corrected chi connectivity index (χ0v) is 17.0. The largest absolute Gasteiger partial charge is 0.342 e. The summed E-state index contributed by atoms with van der Waals surface area (Å²) >= 11 is 1.34. The third-order valence-electron chi connectivity index (χ3n) is 5.13. The highest BCUT2D eigenvalue weighted by Crippen LogP contribution is 2.24. The van der Waals surface area contributed by atoms with Crippen LogP contribution in [0.3, 0.4) is 0 Å². The van der Waals surface area contributed by atoms with E-state index in [0.717, 1.165) is 42.7 Å². The number of para-hydroxylation sites is 1. The number of amides is 1. The first-order chi connectivity index (χ1) is 13.5. The molecule has 1 amide bonds. The summed E-state index contributed by atoms with van der Waals surface area (Å²) < 4.78 is 1.66. The van der Waals surface area contributed by atoms with Gasteiger partial charge >= 0.3 is 0 Å². The molecule has 2 heterocycles. The van der Waals surface area contributed by atoms with E-state index in [0.29, 0.717) is 16.1 Å². The van der Waals surface area contributed by atoms with Gasteiger partial charge in [0.05, 0.1) is 22.3 Å². The first-order valence-corrected chi connectivity index (χ1v) is 10.5. The Balaban J connectivity index is 1.80. The topological polar surface area (TPSA) is 55.2 Å². The molecule has 0 bridgehead atoms. The number of thioether (sulfide) groups is 1. The van der Waals surface area contributed by atoms with Crippen molar-refractivity contribution in [2.75, 3.05) is 18.8 Å². The minimum Gasteiger partial charge on any atom is -0.342 e. The van der Waals surface area contributed by atoms with Gasteiger partial charge in [-0.25, -0.2) is 4.98 Å². The maximum atomic E-state index is 13.3. The van der Waals surface area contributed by atoms with E-state index in [-0.39, 0.29) is 17.2 Å². The number of likely N-dealkylation sites (tertiary alicyclic amines) is 1. The van der Waals surface area contributed by atoms with Gasteiger partial charge in [0.25, 0.3) is 5.56 Å². The summed E-state index contributed by atoms with van der Waals surface area (Å²) in [6.07, 6.45) is 2.13. The maximum Gasteiger partial charge on any atom is 0.266 e. The number of rotatable bonds is 4. The number of carbonyl (C=O) groups is 1. The Labute approximate surface area is 168 Å². The predicted octanol–water partition coefficient (Wildman–Crippen LogP) is 3.72. The van der Waals surface area contributed by atoms with Gasteiger partial charge in [0.2, 0.25) is 5.91 Å². The summed E-state index contributed by atoms with van der Waals surface area (Å²) in [6.45, 7) is 5.65. The molecule has 0 N–H and O–H groups in total. The summed E-state index contributed by atoms with van der Waals surface area (Å²) in [5.74, 6) is 0.396. The van der Waals surface area contributed by atoms with Gasteiger partial charge in [-0.15, -0.1) is 0 Å². The van der Waals surface area contributed by atoms with Crippen molar-refractivity contribution in [2.24, 2.45) is 0 Å². The second kappa shape index (κ2) is 7.80. The van der Waals surface area contributed by atoms with Crippen LogP contribution in [0.25, 0.3) is 16.6 Å². The van der Waals surface area contributed by atoms with Gasteiger partial charge < -0.3 is 4.90 Å². The molecule has 28 heavy (non-hydrogen) atoms. The van der Waals surface area contributed by atoms with Crippen molar-refractivity contribution in [1.29, 1.82) is 0 Å². The standard InChI is InChI=1S/C22H23N3O2S/c1-15-9-10-16(2)19(13-15)25-21(27)17-7-3-4-8-18(17)23-22(25)28-14-20(26)24-11-5-6-12-24/h3-4,7-10,13H,5-6,11-12,14H2,1-2H3. The predicted molar refractivity (Wildman–Crippen MR) is 113 cm³/mol. The molecule has 0 radical (unpaired) electrons. The lowest BCUT2D eigenvalue weighted by atomic mass is 10.1. The Morgan fingerprint density at radius 3 is 2.64 bits per heavy atom. The van der Waals surface area contributed by atoms with Crippen LogP contribution in [0.15, 0.2) is 52.4 Å². The molecule has 1 saturated heterocycles. The van der Waals surface area contributed by atoms with E-state index in [1.165, 1.54) is 11.8 Å². The Morgan fingerprint density at radius 2 is 1.86 bits per heavy atom. The van der Waals surface area contributed by atoms with Crippen LogP contribution in [0.2, 0.25) is 0 Å². The molecule has 4 rings (SSSR count). The lowest BCUT2D eigenvalue weighted by Crippen LogP contribution is -2.30. The fraction of sp³-hybridized carbons (Fsp3) is 0.318. The Kier molecular flexibility index (Phi) is 5.22. The third-order valence-corrected chi connectivity index (χ3v) is 6.06. The van der Waals surface area contributed by atoms with Crippen LogP contribution in [0.4, 0.5) is 0 Å². The molecule has 5 nitrogen and oxygen atoms in total. The summed E-state index contributed by atoms with van der Waals surface area (Å²) in [7, 11) is 0. The van der Waals surface area contributed by atoms with E-state index < -0.39 is 0 Å². The molecular formula is C22H23N3O2S. The molecular weight excluding hydrogens is 370 g/mol. The summed E-state index contributed by atoms with van der Waals surface area (Å²) in [5, 5.41) is 1.14. The first-order valence-electron chi connectivity index (χ1n) is 9.54. The van der Waals surface area contributed by atoms with Gasteiger partial charge in [-0.3, -0.25) is 14.2 Å². The van der Waals surface area contributed by atoms with Gasteiger partial charge in [-0.05, 0) is 56.0 Å². The molecule has 2 aromatic carbocycles. The van der Waals surface area contributed by atoms with Gasteiger partial charge in [0, 0.05) is 13.1 Å². The van der Waals surface area contributed by atoms with E-state index in [2.05, 4.69) is 0 Å². The number of hydrogen-bond donors (Lipinski definition) is 0. The van der Waals surface area contributed by atoms with Crippen molar-refractivity contribution in [3.63, 3.8) is 0 Å². The molecule has 6 heteroatoms. The number of hydrogen-bond acceptors (Lipinski definition) is 4. The van der Waals surface area contributed by atoms with Gasteiger partial charge in [0.1, 0.15) is 0 Å². The van der Waals surface area contributed by atoms with Crippen LogP contribution in [-0.2, 0) is 4.79 Å². The van der Waals surface area contributed by atoms with E-state index >= 15 is 0 Å². The molecule has 0 unspecified atom stereocenters. The molecule has 3 aromatic rings. The summed E-state index contributed by atoms with van der Waals surface area (Å²) in [5.41, 5.74) is 3.45. The number of benzene rings is 2. The Bertz CT molecular complexity index is 1100. The number of aromatic nitrogens is 2. The van der Waals surface area contributed by atoms with Crippen LogP contribution in [-0.4, -0.2) is 39.2 Å². The smallest absolute Gasteiger partial charge is 0.266 e. The van der Waals surface area contributed by atoms with Crippen molar-refractivity contribution >= 4 is 28.6 Å². The van der Waals surface area contributed by atoms with Crippen LogP contribution < -0.4 is 5.56 Å². The van der Waals surface area contributed by atoms with Crippen LogP contribution in [0.5, 0.6) is 0 Å². The van der Waals surface area contributed by atoms with Gasteiger partial charge in [-0.1, -0.05) is 36.0 Å². The molecule has 0 atom stereocenters. The monoisotopic (exact) mass is 393 g/mol. The number of aryl methyl sites for hydroxylation is 2. The molecule has 1 aliphatic heterocycles. The molecule has 0 aliphatic carbocycles. The number of nitrogens with zero attached hydrogens (tertiary/aromatic N) is 3. The maximum absolute atomic E-state index is 13.3. The van der Waals surface area contributed by atoms with E-state index in [9.17, 15) is 9.59 Å². The molecule has 0 spiro atoms. The third kappa shape index (κ3) is 3.56. The van der Waals surface area contributed by atoms with E-state index in [1.54, 1.807) is 10.6 Å². The molecule has 144 valence electrons. The zero-order valence-electron chi connectivity index (χ0n) is 16.1. The van der Waals surface area contributed by atoms with Crippen molar-refractivity contribution in [1.82, 2.24) is 14.5 Å². The lowest BCUT2D eigenvalue weighted by Gasteiger charge is -2.17. The minimum atomic E-state index is -0.101. The van der Waals surface area contributed by atoms with Gasteiger partial charge in [0.15, 0.2) is 5.16 Å². The highest BCUT2D eigenvalue weighted by Gasteiger charge is 2.20. The second-order valence-corrected chi connectivity index (χ2v) is 8.16. The summed E-state index contributed by atoms with van der Waals surface area (Å²) in [6, 6.07) is 13.4. The van der Waals surface area contributed by atoms with Crippen molar-refractivity contribution in [3.8, 4) is 5.69 Å². The molecule has 1 aromatic heterocycles. The SMILES string of the molecule is Cc1ccc(C)c(-n2c(SCC(=O)N3CCCC3)nc3ccccc3c2=O)c1. The normalized spacial score (nSPS) is 14.0. The average molecular weight is 394 g/mol. The van der Waals surface area contributed by atoms with Crippen LogP contribution in [0.1, 0.15) is 24.0 Å². The van der Waals surface area contributed by atoms with Crippen molar-refractivity contribution in [3.05, 3.63) is 63.9 Å². The van der Waals surface area contributed by atoms with Crippen molar-refractivity contribution < 1.29 is 4.79 Å². The Morgan fingerprint density at radius 1 is 1.11 bits per heavy atom. The van der Waals surface area contributed by atoms with Crippen molar-refractivity contribution in [2.45, 2.75) is 31.8 Å². The number of carbonyl (C=O) groups excluding carboxylic acids is 1. The van der Waals surface area contributed by atoms with E-state index in [1.807, 2.05) is 55.1 Å². The summed E-state index contributed by atoms with van der Waals surface area (Å²) in [4.78, 5) is 32.5. The minimum absolute atomic E-state index is 0.101. The molecule has 1 fully saturated rings. The first kappa shape index (κ1) is 18.7. The van der Waals surface area contributed by atoms with Crippen LogP contribution in [0, 0.1) is 13.8 Å². The zero-order chi connectivity index (χ0) is 19.7. The van der Waals surface area contributed by atoms with Gasteiger partial charge in [-0.2, -0.15) is 0 Å².